The molecule has 11 heteroatoms. The van der Waals surface area contributed by atoms with Gasteiger partial charge in [0.05, 0.1) is 27.7 Å². The fourth-order valence-corrected chi connectivity index (χ4v) is 6.42. The largest absolute Gasteiger partial charge is 0.486 e. The highest BCUT2D eigenvalue weighted by Gasteiger charge is 2.38. The summed E-state index contributed by atoms with van der Waals surface area (Å²) < 4.78 is 103. The summed E-state index contributed by atoms with van der Waals surface area (Å²) in [6.07, 6.45) is -1.58. The van der Waals surface area contributed by atoms with Gasteiger partial charge in [-0.3, -0.25) is 4.31 Å². The van der Waals surface area contributed by atoms with Gasteiger partial charge in [0.25, 0.3) is 10.0 Å². The van der Waals surface area contributed by atoms with Crippen LogP contribution in [0.15, 0.2) is 59.5 Å². The molecule has 1 unspecified atom stereocenters. The van der Waals surface area contributed by atoms with Crippen molar-refractivity contribution in [2.24, 2.45) is 5.92 Å². The molecule has 3 aromatic rings. The average molecular weight is 558 g/mol. The Morgan fingerprint density at radius 3 is 2.46 bits per heavy atom. The number of benzene rings is 3. The van der Waals surface area contributed by atoms with Crippen LogP contribution in [0.2, 0.25) is 5.02 Å². The van der Waals surface area contributed by atoms with Crippen molar-refractivity contribution >= 4 is 27.3 Å². The lowest BCUT2D eigenvalue weighted by atomic mass is 9.81. The van der Waals surface area contributed by atoms with Crippen molar-refractivity contribution in [2.75, 3.05) is 10.8 Å². The Morgan fingerprint density at radius 2 is 1.78 bits per heavy atom. The number of halogens is 6. The molecule has 0 N–H and O–H groups in total. The van der Waals surface area contributed by atoms with E-state index in [1.165, 1.54) is 18.2 Å². The van der Waals surface area contributed by atoms with Crippen molar-refractivity contribution in [1.29, 1.82) is 0 Å². The van der Waals surface area contributed by atoms with Crippen molar-refractivity contribution in [2.45, 2.75) is 42.9 Å². The molecule has 1 heterocycles. The Hall–Kier alpha value is -2.85. The van der Waals surface area contributed by atoms with E-state index in [4.69, 9.17) is 16.3 Å². The van der Waals surface area contributed by atoms with Crippen LogP contribution < -0.4 is 9.04 Å². The smallest absolute Gasteiger partial charge is 0.416 e. The fraction of sp³-hybridized carbons (Fsp3) is 0.308. The Morgan fingerprint density at radius 1 is 1.03 bits per heavy atom. The third kappa shape index (κ3) is 5.01. The molecular weight excluding hydrogens is 537 g/mol. The topological polar surface area (TPSA) is 46.6 Å². The zero-order valence-corrected chi connectivity index (χ0v) is 20.8. The number of ether oxygens (including phenoxy) is 1. The Bertz CT molecular complexity index is 1460. The van der Waals surface area contributed by atoms with Crippen molar-refractivity contribution in [1.82, 2.24) is 0 Å². The molecule has 3 aromatic carbocycles. The third-order valence-electron chi connectivity index (χ3n) is 6.77. The number of hydrogen-bond acceptors (Lipinski definition) is 3. The van der Waals surface area contributed by atoms with Crippen LogP contribution in [0.5, 0.6) is 5.75 Å². The molecule has 0 radical (unpaired) electrons. The summed E-state index contributed by atoms with van der Waals surface area (Å²) in [6.45, 7) is -0.128. The number of anilines is 1. The fourth-order valence-electron chi connectivity index (χ4n) is 4.66. The molecule has 1 saturated carbocycles. The second kappa shape index (κ2) is 9.47. The monoisotopic (exact) mass is 557 g/mol. The molecule has 1 atom stereocenters. The minimum absolute atomic E-state index is 0.00465. The van der Waals surface area contributed by atoms with Crippen molar-refractivity contribution in [3.8, 4) is 16.9 Å². The van der Waals surface area contributed by atoms with Gasteiger partial charge in [-0.25, -0.2) is 17.2 Å². The van der Waals surface area contributed by atoms with Crippen LogP contribution in [0.1, 0.15) is 31.2 Å². The van der Waals surface area contributed by atoms with E-state index >= 15 is 0 Å². The van der Waals surface area contributed by atoms with Gasteiger partial charge in [0.2, 0.25) is 0 Å². The number of nitrogens with zero attached hydrogens (tertiary/aromatic N) is 1. The van der Waals surface area contributed by atoms with Crippen LogP contribution in [0.4, 0.5) is 27.6 Å². The number of rotatable bonds is 5. The van der Waals surface area contributed by atoms with E-state index < -0.39 is 44.4 Å². The first-order chi connectivity index (χ1) is 17.4. The molecule has 0 bridgehead atoms. The zero-order chi connectivity index (χ0) is 26.5. The van der Waals surface area contributed by atoms with Crippen molar-refractivity contribution in [3.63, 3.8) is 0 Å². The second-order valence-electron chi connectivity index (χ2n) is 9.27. The molecule has 2 aliphatic rings. The Kier molecular flexibility index (Phi) is 6.60. The van der Waals surface area contributed by atoms with E-state index in [0.717, 1.165) is 47.8 Å². The standard InChI is InChI=1S/C26H21ClF5NO3S/c27-25-21(12-18(28)13-22(25)29)16-7-8-24-23(10-16)33(14-19(36-24)9-15-3-1-4-15)37(34,35)20-6-2-5-17(11-20)26(30,31)32/h2,5-8,10-13,15,19H,1,3-4,9,14H2. The van der Waals surface area contributed by atoms with Gasteiger partial charge in [0.15, 0.2) is 0 Å². The first-order valence-electron chi connectivity index (χ1n) is 11.6. The highest BCUT2D eigenvalue weighted by atomic mass is 35.5. The molecule has 1 fully saturated rings. The normalized spacial score (nSPS) is 18.2. The molecule has 0 saturated heterocycles. The quantitative estimate of drug-likeness (QED) is 0.242. The van der Waals surface area contributed by atoms with Crippen molar-refractivity contribution < 1.29 is 35.1 Å². The van der Waals surface area contributed by atoms with Crippen molar-refractivity contribution in [3.05, 3.63) is 76.8 Å². The Balaban J connectivity index is 1.61. The Labute approximate surface area is 215 Å². The summed E-state index contributed by atoms with van der Waals surface area (Å²) in [6, 6.07) is 9.51. The summed E-state index contributed by atoms with van der Waals surface area (Å²) in [5, 5.41) is -0.353. The maximum absolute atomic E-state index is 14.1. The minimum Gasteiger partial charge on any atom is -0.486 e. The predicted molar refractivity (Wildman–Crippen MR) is 129 cm³/mol. The molecule has 4 nitrogen and oxygen atoms in total. The van der Waals surface area contributed by atoms with E-state index in [2.05, 4.69) is 0 Å². The zero-order valence-electron chi connectivity index (χ0n) is 19.2. The number of hydrogen-bond donors (Lipinski definition) is 0. The average Bonchev–Trinajstić information content (AvgIpc) is 2.82. The van der Waals surface area contributed by atoms with Gasteiger partial charge in [-0.1, -0.05) is 43.0 Å². The predicted octanol–water partition coefficient (Wildman–Crippen LogP) is 7.45. The van der Waals surface area contributed by atoms with Gasteiger partial charge in [-0.05, 0) is 54.3 Å². The SMILES string of the molecule is O=S(=O)(c1cccc(C(F)(F)F)c1)N1CC(CC2CCC2)Oc2ccc(-c3cc(F)cc(F)c3Cl)cc21. The second-order valence-corrected chi connectivity index (χ2v) is 11.5. The van der Waals surface area contributed by atoms with Gasteiger partial charge < -0.3 is 4.74 Å². The van der Waals surface area contributed by atoms with Gasteiger partial charge in [-0.2, -0.15) is 13.2 Å². The third-order valence-corrected chi connectivity index (χ3v) is 8.92. The molecule has 0 spiro atoms. The van der Waals surface area contributed by atoms with Gasteiger partial charge in [0, 0.05) is 11.6 Å². The summed E-state index contributed by atoms with van der Waals surface area (Å²) in [7, 11) is -4.47. The maximum atomic E-state index is 14.1. The number of sulfonamides is 1. The van der Waals surface area contributed by atoms with Crippen LogP contribution in [0.25, 0.3) is 11.1 Å². The number of alkyl halides is 3. The highest BCUT2D eigenvalue weighted by Crippen LogP contribution is 2.44. The summed E-state index contributed by atoms with van der Waals surface area (Å²) in [5.74, 6) is -1.29. The van der Waals surface area contributed by atoms with Crippen LogP contribution in [-0.2, 0) is 16.2 Å². The molecule has 0 aromatic heterocycles. The maximum Gasteiger partial charge on any atom is 0.416 e. The molecule has 37 heavy (non-hydrogen) atoms. The summed E-state index contributed by atoms with van der Waals surface area (Å²) in [5.41, 5.74) is -0.841. The molecule has 196 valence electrons. The lowest BCUT2D eigenvalue weighted by Gasteiger charge is -2.38. The van der Waals surface area contributed by atoms with E-state index in [-0.39, 0.29) is 34.1 Å². The van der Waals surface area contributed by atoms with E-state index in [0.29, 0.717) is 24.5 Å². The van der Waals surface area contributed by atoms with E-state index in [9.17, 15) is 30.4 Å². The van der Waals surface area contributed by atoms with E-state index in [1.807, 2.05) is 0 Å². The lowest BCUT2D eigenvalue weighted by molar-refractivity contribution is -0.137. The molecule has 1 aliphatic carbocycles. The van der Waals surface area contributed by atoms with Gasteiger partial charge in [-0.15, -0.1) is 0 Å². The first-order valence-corrected chi connectivity index (χ1v) is 13.4. The van der Waals surface area contributed by atoms with Crippen LogP contribution in [0, 0.1) is 17.6 Å². The number of fused-ring (bicyclic) bond motifs is 1. The first kappa shape index (κ1) is 25.8. The van der Waals surface area contributed by atoms with Gasteiger partial charge >= 0.3 is 6.18 Å². The molecule has 1 aliphatic heterocycles. The summed E-state index contributed by atoms with van der Waals surface area (Å²) >= 11 is 6.06. The summed E-state index contributed by atoms with van der Waals surface area (Å²) in [4.78, 5) is -0.530. The van der Waals surface area contributed by atoms with Crippen LogP contribution in [0.3, 0.4) is 0 Å². The highest BCUT2D eigenvalue weighted by molar-refractivity contribution is 7.92. The van der Waals surface area contributed by atoms with Crippen LogP contribution >= 0.6 is 11.6 Å². The van der Waals surface area contributed by atoms with Crippen LogP contribution in [-0.4, -0.2) is 21.1 Å². The molecule has 5 rings (SSSR count). The minimum atomic E-state index is -4.73. The molecule has 0 amide bonds. The van der Waals surface area contributed by atoms with Gasteiger partial charge in [0.1, 0.15) is 23.5 Å². The lowest BCUT2D eigenvalue weighted by Crippen LogP contribution is -2.44. The molecular formula is C26H21ClF5NO3S. The van der Waals surface area contributed by atoms with E-state index in [1.54, 1.807) is 0 Å².